The third-order valence-electron chi connectivity index (χ3n) is 13.4. The molecule has 0 saturated carbocycles. The Kier molecular flexibility index (Phi) is 7.77. The van der Waals surface area contributed by atoms with Gasteiger partial charge in [-0.1, -0.05) is 169 Å². The number of pyridine rings is 1. The standard InChI is InChI=1S/C59H34N4OS/c1-2-16-35(17-3-1)56-61-57(63-58(62-56)41-23-15-29-51-54(41)40-22-6-11-28-50(40)64-51)37-19-14-18-36(32-37)55-44-33-43-38-20-4-7-24-45(38)59(48(43)34-42(44)39-21-5-10-27-49(39)60-55)46-25-8-12-30-52(46)65-53-31-13-9-26-47(53)59/h1-34H. The van der Waals surface area contributed by atoms with Crippen LogP contribution in [0.15, 0.2) is 220 Å². The summed E-state index contributed by atoms with van der Waals surface area (Å²) in [6.45, 7) is 0. The predicted octanol–water partition coefficient (Wildman–Crippen LogP) is 15.0. The van der Waals surface area contributed by atoms with Crippen molar-refractivity contribution in [2.24, 2.45) is 0 Å². The molecule has 65 heavy (non-hydrogen) atoms. The van der Waals surface area contributed by atoms with Crippen LogP contribution in [-0.4, -0.2) is 19.9 Å². The normalized spacial score (nSPS) is 13.3. The Balaban J connectivity index is 1.01. The van der Waals surface area contributed by atoms with Crippen LogP contribution in [0.1, 0.15) is 22.3 Å². The first kappa shape index (κ1) is 36.3. The zero-order chi connectivity index (χ0) is 42.6. The zero-order valence-corrected chi connectivity index (χ0v) is 35.6. The van der Waals surface area contributed by atoms with Crippen molar-refractivity contribution in [2.45, 2.75) is 15.2 Å². The summed E-state index contributed by atoms with van der Waals surface area (Å²) >= 11 is 1.87. The molecule has 0 unspecified atom stereocenters. The van der Waals surface area contributed by atoms with Crippen molar-refractivity contribution in [3.05, 3.63) is 229 Å². The summed E-state index contributed by atoms with van der Waals surface area (Å²) in [5.41, 5.74) is 14.4. The van der Waals surface area contributed by atoms with Crippen LogP contribution in [0, 0.1) is 0 Å². The summed E-state index contributed by atoms with van der Waals surface area (Å²) in [5, 5.41) is 5.39. The smallest absolute Gasteiger partial charge is 0.164 e. The second-order valence-electron chi connectivity index (χ2n) is 16.8. The molecule has 302 valence electrons. The summed E-state index contributed by atoms with van der Waals surface area (Å²) in [6.07, 6.45) is 0. The van der Waals surface area contributed by atoms with Crippen LogP contribution in [0.3, 0.4) is 0 Å². The van der Waals surface area contributed by atoms with Crippen molar-refractivity contribution in [3.63, 3.8) is 0 Å². The van der Waals surface area contributed by atoms with E-state index in [2.05, 4.69) is 146 Å². The van der Waals surface area contributed by atoms with Crippen LogP contribution in [0.4, 0.5) is 0 Å². The molecule has 1 spiro atoms. The average molecular weight is 847 g/mol. The SMILES string of the molecule is c1ccc(-c2nc(-c3cccc(-c4nc5ccccc5c5cc6c(cc45)-c4ccccc4C64c5ccccc5Sc5ccccc54)c3)nc(-c3cccc4oc5ccccc5c34)n2)cc1. The van der Waals surface area contributed by atoms with Gasteiger partial charge in [0.1, 0.15) is 11.2 Å². The second kappa shape index (κ2) is 13.9. The Labute approximate surface area is 378 Å². The maximum atomic E-state index is 6.31. The first-order chi connectivity index (χ1) is 32.2. The molecule has 0 atom stereocenters. The molecule has 12 aromatic rings. The molecule has 1 aliphatic heterocycles. The molecular weight excluding hydrogens is 813 g/mol. The summed E-state index contributed by atoms with van der Waals surface area (Å²) in [6, 6.07) is 73.3. The fourth-order valence-electron chi connectivity index (χ4n) is 10.6. The van der Waals surface area contributed by atoms with E-state index in [4.69, 9.17) is 24.4 Å². The lowest BCUT2D eigenvalue weighted by atomic mass is 9.67. The van der Waals surface area contributed by atoms with Gasteiger partial charge in [0.05, 0.1) is 16.6 Å². The van der Waals surface area contributed by atoms with Gasteiger partial charge in [-0.15, -0.1) is 0 Å². The van der Waals surface area contributed by atoms with Crippen molar-refractivity contribution in [1.29, 1.82) is 0 Å². The summed E-state index contributed by atoms with van der Waals surface area (Å²) < 4.78 is 6.31. The first-order valence-corrected chi connectivity index (χ1v) is 22.7. The molecule has 3 aromatic heterocycles. The number of hydrogen-bond donors (Lipinski definition) is 0. The van der Waals surface area contributed by atoms with E-state index in [-0.39, 0.29) is 0 Å². The molecule has 2 aliphatic rings. The minimum Gasteiger partial charge on any atom is -0.456 e. The topological polar surface area (TPSA) is 64.7 Å². The van der Waals surface area contributed by atoms with Gasteiger partial charge in [0.2, 0.25) is 0 Å². The highest BCUT2D eigenvalue weighted by atomic mass is 32.2. The Morgan fingerprint density at radius 3 is 1.78 bits per heavy atom. The average Bonchev–Trinajstić information content (AvgIpc) is 3.89. The highest BCUT2D eigenvalue weighted by Crippen LogP contribution is 2.63. The minimum atomic E-state index is -0.483. The van der Waals surface area contributed by atoms with Gasteiger partial charge >= 0.3 is 0 Å². The molecule has 6 heteroatoms. The Morgan fingerprint density at radius 2 is 0.954 bits per heavy atom. The maximum absolute atomic E-state index is 6.31. The van der Waals surface area contributed by atoms with E-state index in [1.54, 1.807) is 0 Å². The van der Waals surface area contributed by atoms with Crippen molar-refractivity contribution in [3.8, 4) is 56.5 Å². The van der Waals surface area contributed by atoms with Gasteiger partial charge in [0.25, 0.3) is 0 Å². The maximum Gasteiger partial charge on any atom is 0.164 e. The molecule has 4 heterocycles. The van der Waals surface area contributed by atoms with Crippen molar-refractivity contribution in [2.75, 3.05) is 0 Å². The summed E-state index contributed by atoms with van der Waals surface area (Å²) in [5.74, 6) is 1.76. The van der Waals surface area contributed by atoms with Crippen LogP contribution in [-0.2, 0) is 5.41 Å². The molecule has 0 amide bonds. The van der Waals surface area contributed by atoms with Gasteiger partial charge in [-0.2, -0.15) is 0 Å². The predicted molar refractivity (Wildman–Crippen MR) is 263 cm³/mol. The van der Waals surface area contributed by atoms with Crippen LogP contribution in [0.2, 0.25) is 0 Å². The number of para-hydroxylation sites is 2. The Hall–Kier alpha value is -8.19. The Bertz CT molecular complexity index is 3910. The number of rotatable bonds is 4. The van der Waals surface area contributed by atoms with Gasteiger partial charge in [-0.25, -0.2) is 19.9 Å². The van der Waals surface area contributed by atoms with Gasteiger partial charge in [-0.3, -0.25) is 0 Å². The van der Waals surface area contributed by atoms with Crippen molar-refractivity contribution >= 4 is 55.4 Å². The highest BCUT2D eigenvalue weighted by Gasteiger charge is 2.50. The largest absolute Gasteiger partial charge is 0.456 e. The molecule has 0 N–H and O–H groups in total. The Morgan fingerprint density at radius 1 is 0.354 bits per heavy atom. The lowest BCUT2D eigenvalue weighted by molar-refractivity contribution is 0.669. The van der Waals surface area contributed by atoms with E-state index < -0.39 is 5.41 Å². The fraction of sp³-hybridized carbons (Fsp3) is 0.0169. The van der Waals surface area contributed by atoms with E-state index >= 15 is 0 Å². The third-order valence-corrected chi connectivity index (χ3v) is 14.5. The molecule has 0 saturated heterocycles. The van der Waals surface area contributed by atoms with E-state index in [9.17, 15) is 0 Å². The van der Waals surface area contributed by atoms with Gasteiger partial charge < -0.3 is 4.42 Å². The number of fused-ring (bicyclic) bond motifs is 15. The third kappa shape index (κ3) is 5.29. The minimum absolute atomic E-state index is 0.483. The van der Waals surface area contributed by atoms with Crippen LogP contribution in [0.25, 0.3) is 100 Å². The molecule has 9 aromatic carbocycles. The number of hydrogen-bond acceptors (Lipinski definition) is 6. The number of benzene rings is 9. The first-order valence-electron chi connectivity index (χ1n) is 21.9. The second-order valence-corrected chi connectivity index (χ2v) is 17.9. The molecular formula is C59H34N4OS. The highest BCUT2D eigenvalue weighted by molar-refractivity contribution is 7.99. The monoisotopic (exact) mass is 846 g/mol. The number of furan rings is 1. The van der Waals surface area contributed by atoms with E-state index in [0.29, 0.717) is 17.5 Å². The summed E-state index contributed by atoms with van der Waals surface area (Å²) in [4.78, 5) is 23.6. The van der Waals surface area contributed by atoms with Gasteiger partial charge in [0.15, 0.2) is 17.5 Å². The van der Waals surface area contributed by atoms with Gasteiger partial charge in [-0.05, 0) is 87.3 Å². The quantitative estimate of drug-likeness (QED) is 0.164. The molecule has 5 nitrogen and oxygen atoms in total. The van der Waals surface area contributed by atoms with E-state index in [0.717, 1.165) is 66.2 Å². The van der Waals surface area contributed by atoms with Gasteiger partial charge in [0, 0.05) is 53.6 Å². The molecule has 0 bridgehead atoms. The number of aromatic nitrogens is 4. The molecule has 1 aliphatic carbocycles. The number of nitrogens with zero attached hydrogens (tertiary/aromatic N) is 4. The molecule has 0 fully saturated rings. The lowest BCUT2D eigenvalue weighted by Gasteiger charge is -2.39. The van der Waals surface area contributed by atoms with Crippen LogP contribution in [0.5, 0.6) is 0 Å². The zero-order valence-electron chi connectivity index (χ0n) is 34.7. The molecule has 0 radical (unpaired) electrons. The fourth-order valence-corrected chi connectivity index (χ4v) is 11.8. The van der Waals surface area contributed by atoms with E-state index in [1.807, 2.05) is 72.4 Å². The van der Waals surface area contributed by atoms with Crippen LogP contribution >= 0.6 is 11.8 Å². The van der Waals surface area contributed by atoms with Crippen LogP contribution < -0.4 is 0 Å². The summed E-state index contributed by atoms with van der Waals surface area (Å²) in [7, 11) is 0. The lowest BCUT2D eigenvalue weighted by Crippen LogP contribution is -2.31. The van der Waals surface area contributed by atoms with Crippen molar-refractivity contribution < 1.29 is 4.42 Å². The van der Waals surface area contributed by atoms with E-state index in [1.165, 1.54) is 48.6 Å². The molecule has 14 rings (SSSR count). The van der Waals surface area contributed by atoms with Crippen molar-refractivity contribution in [1.82, 2.24) is 19.9 Å².